The number of carbonyl (C=O) groups is 1. The van der Waals surface area contributed by atoms with Crippen molar-refractivity contribution in [1.82, 2.24) is 4.72 Å². The average Bonchev–Trinajstić information content (AvgIpc) is 3.06. The normalized spacial score (nSPS) is 14.7. The number of rotatable bonds is 7. The molecular formula is C17H19ClN2O5S. The van der Waals surface area contributed by atoms with Crippen LogP contribution >= 0.6 is 11.6 Å². The highest BCUT2D eigenvalue weighted by molar-refractivity contribution is 7.89. The summed E-state index contributed by atoms with van der Waals surface area (Å²) in [6, 6.07) is 6.12. The molecule has 0 spiro atoms. The van der Waals surface area contributed by atoms with Crippen molar-refractivity contribution < 1.29 is 22.4 Å². The standard InChI is InChI=1S/C17H19ClN2O5S/c1-19-26(22,23)16-7-12(10-25-16)17(21)20-14-8-13(18)5-6-15(14)24-9-11-3-2-4-11/h5-8,10-11,19H,2-4,9H2,1H3,(H,20,21). The lowest BCUT2D eigenvalue weighted by molar-refractivity contribution is 0.102. The second-order valence-corrected chi connectivity index (χ2v) is 8.32. The number of hydrogen-bond donors (Lipinski definition) is 2. The molecule has 2 aromatic rings. The summed E-state index contributed by atoms with van der Waals surface area (Å²) in [5, 5.41) is 2.80. The lowest BCUT2D eigenvalue weighted by Gasteiger charge is -2.25. The van der Waals surface area contributed by atoms with Gasteiger partial charge in [0.2, 0.25) is 5.09 Å². The second kappa shape index (κ2) is 7.69. The Balaban J connectivity index is 1.75. The van der Waals surface area contributed by atoms with Gasteiger partial charge < -0.3 is 14.5 Å². The molecule has 26 heavy (non-hydrogen) atoms. The van der Waals surface area contributed by atoms with Crippen molar-refractivity contribution in [3.63, 3.8) is 0 Å². The van der Waals surface area contributed by atoms with Gasteiger partial charge >= 0.3 is 0 Å². The first-order valence-corrected chi connectivity index (χ1v) is 10.0. The SMILES string of the molecule is CNS(=O)(=O)c1cc(C(=O)Nc2cc(Cl)ccc2OCC2CCC2)co1. The third kappa shape index (κ3) is 4.20. The van der Waals surface area contributed by atoms with Crippen LogP contribution in [0.5, 0.6) is 5.75 Å². The lowest BCUT2D eigenvalue weighted by Crippen LogP contribution is -2.20. The van der Waals surface area contributed by atoms with E-state index in [1.165, 1.54) is 13.5 Å². The molecule has 3 rings (SSSR count). The van der Waals surface area contributed by atoms with E-state index in [-0.39, 0.29) is 10.7 Å². The minimum Gasteiger partial charge on any atom is -0.491 e. The fourth-order valence-corrected chi connectivity index (χ4v) is 3.29. The summed E-state index contributed by atoms with van der Waals surface area (Å²) in [5.41, 5.74) is 0.491. The smallest absolute Gasteiger partial charge is 0.273 e. The molecule has 1 saturated carbocycles. The third-order valence-corrected chi connectivity index (χ3v) is 5.78. The van der Waals surface area contributed by atoms with Crippen LogP contribution in [-0.4, -0.2) is 28.0 Å². The Morgan fingerprint density at radius 2 is 2.12 bits per heavy atom. The van der Waals surface area contributed by atoms with E-state index in [0.717, 1.165) is 25.2 Å². The molecule has 7 nitrogen and oxygen atoms in total. The molecule has 0 atom stereocenters. The van der Waals surface area contributed by atoms with Gasteiger partial charge in [-0.15, -0.1) is 0 Å². The first kappa shape index (κ1) is 18.8. The largest absolute Gasteiger partial charge is 0.491 e. The second-order valence-electron chi connectivity index (χ2n) is 6.06. The molecule has 1 heterocycles. The molecule has 0 unspecified atom stereocenters. The predicted molar refractivity (Wildman–Crippen MR) is 97.2 cm³/mol. The molecule has 0 aliphatic heterocycles. The van der Waals surface area contributed by atoms with Crippen molar-refractivity contribution >= 4 is 33.2 Å². The summed E-state index contributed by atoms with van der Waals surface area (Å²) in [6.45, 7) is 0.584. The van der Waals surface area contributed by atoms with Crippen molar-refractivity contribution in [3.8, 4) is 5.75 Å². The Hall–Kier alpha value is -2.03. The van der Waals surface area contributed by atoms with Gasteiger partial charge in [-0.05, 0) is 44.0 Å². The molecule has 140 valence electrons. The number of anilines is 1. The number of ether oxygens (including phenoxy) is 1. The van der Waals surface area contributed by atoms with Crippen molar-refractivity contribution in [2.45, 2.75) is 24.4 Å². The molecular weight excluding hydrogens is 380 g/mol. The summed E-state index contributed by atoms with van der Waals surface area (Å²) in [5.74, 6) is 0.528. The number of sulfonamides is 1. The molecule has 1 amide bonds. The first-order valence-electron chi connectivity index (χ1n) is 8.15. The molecule has 1 aliphatic carbocycles. The van der Waals surface area contributed by atoms with Gasteiger partial charge in [0, 0.05) is 11.1 Å². The summed E-state index contributed by atoms with van der Waals surface area (Å²) in [7, 11) is -2.50. The van der Waals surface area contributed by atoms with Crippen LogP contribution in [0.3, 0.4) is 0 Å². The van der Waals surface area contributed by atoms with Crippen LogP contribution in [0.2, 0.25) is 5.02 Å². The van der Waals surface area contributed by atoms with E-state index >= 15 is 0 Å². The van der Waals surface area contributed by atoms with Crippen LogP contribution in [-0.2, 0) is 10.0 Å². The number of amides is 1. The Labute approximate surface area is 156 Å². The van der Waals surface area contributed by atoms with Gasteiger partial charge in [-0.3, -0.25) is 4.79 Å². The van der Waals surface area contributed by atoms with Crippen molar-refractivity contribution in [2.24, 2.45) is 5.92 Å². The number of halogens is 1. The van der Waals surface area contributed by atoms with E-state index in [2.05, 4.69) is 10.0 Å². The summed E-state index contributed by atoms with van der Waals surface area (Å²) in [6.07, 6.45) is 4.59. The molecule has 1 aromatic heterocycles. The zero-order valence-corrected chi connectivity index (χ0v) is 15.7. The number of carbonyl (C=O) groups excluding carboxylic acids is 1. The minimum atomic E-state index is -3.76. The number of nitrogens with one attached hydrogen (secondary N) is 2. The average molecular weight is 399 g/mol. The zero-order valence-electron chi connectivity index (χ0n) is 14.1. The van der Waals surface area contributed by atoms with E-state index in [0.29, 0.717) is 29.0 Å². The van der Waals surface area contributed by atoms with E-state index in [9.17, 15) is 13.2 Å². The van der Waals surface area contributed by atoms with Crippen molar-refractivity contribution in [1.29, 1.82) is 0 Å². The van der Waals surface area contributed by atoms with Crippen LogP contribution in [0.25, 0.3) is 0 Å². The monoisotopic (exact) mass is 398 g/mol. The maximum absolute atomic E-state index is 12.4. The van der Waals surface area contributed by atoms with Crippen molar-refractivity contribution in [3.05, 3.63) is 41.1 Å². The number of hydrogen-bond acceptors (Lipinski definition) is 5. The van der Waals surface area contributed by atoms with Gasteiger partial charge in [-0.1, -0.05) is 18.0 Å². The van der Waals surface area contributed by atoms with E-state index in [1.807, 2.05) is 0 Å². The maximum atomic E-state index is 12.4. The van der Waals surface area contributed by atoms with Crippen molar-refractivity contribution in [2.75, 3.05) is 19.0 Å². The Bertz CT molecular complexity index is 906. The van der Waals surface area contributed by atoms with Gasteiger partial charge in [-0.25, -0.2) is 13.1 Å². The third-order valence-electron chi connectivity index (χ3n) is 4.26. The number of furan rings is 1. The Morgan fingerprint density at radius 3 is 2.77 bits per heavy atom. The van der Waals surface area contributed by atoms with Crippen LogP contribution in [0.1, 0.15) is 29.6 Å². The topological polar surface area (TPSA) is 97.6 Å². The summed E-state index contributed by atoms with van der Waals surface area (Å²) >= 11 is 6.02. The molecule has 0 radical (unpaired) electrons. The van der Waals surface area contributed by atoms with Crippen LogP contribution in [0.15, 0.2) is 40.0 Å². The first-order chi connectivity index (χ1) is 12.4. The lowest BCUT2D eigenvalue weighted by atomic mass is 9.86. The minimum absolute atomic E-state index is 0.0729. The van der Waals surface area contributed by atoms with Gasteiger partial charge in [0.05, 0.1) is 17.9 Å². The van der Waals surface area contributed by atoms with Crippen LogP contribution < -0.4 is 14.8 Å². The van der Waals surface area contributed by atoms with E-state index in [4.69, 9.17) is 20.8 Å². The molecule has 0 saturated heterocycles. The highest BCUT2D eigenvalue weighted by atomic mass is 35.5. The van der Waals surface area contributed by atoms with E-state index in [1.54, 1.807) is 18.2 Å². The van der Waals surface area contributed by atoms with Gasteiger partial charge in [0.1, 0.15) is 12.0 Å². The fraction of sp³-hybridized carbons (Fsp3) is 0.353. The molecule has 1 aromatic carbocycles. The molecule has 1 fully saturated rings. The summed E-state index contributed by atoms with van der Waals surface area (Å²) in [4.78, 5) is 12.4. The van der Waals surface area contributed by atoms with E-state index < -0.39 is 15.9 Å². The van der Waals surface area contributed by atoms with Gasteiger partial charge in [0.15, 0.2) is 0 Å². The molecule has 0 bridgehead atoms. The highest BCUT2D eigenvalue weighted by Gasteiger charge is 2.21. The maximum Gasteiger partial charge on any atom is 0.273 e. The molecule has 1 aliphatic rings. The predicted octanol–water partition coefficient (Wildman–Crippen LogP) is 3.27. The zero-order chi connectivity index (χ0) is 18.7. The fourth-order valence-electron chi connectivity index (χ4n) is 2.46. The quantitative estimate of drug-likeness (QED) is 0.745. The highest BCUT2D eigenvalue weighted by Crippen LogP contribution is 2.32. The Morgan fingerprint density at radius 1 is 1.35 bits per heavy atom. The van der Waals surface area contributed by atoms with Crippen LogP contribution in [0.4, 0.5) is 5.69 Å². The van der Waals surface area contributed by atoms with Gasteiger partial charge in [-0.2, -0.15) is 0 Å². The number of benzene rings is 1. The molecule has 9 heteroatoms. The van der Waals surface area contributed by atoms with Crippen LogP contribution in [0, 0.1) is 5.92 Å². The van der Waals surface area contributed by atoms with Gasteiger partial charge in [0.25, 0.3) is 15.9 Å². The summed E-state index contributed by atoms with van der Waals surface area (Å²) < 4.78 is 36.3. The molecule has 2 N–H and O–H groups in total. The Kier molecular flexibility index (Phi) is 5.55.